The molecule has 0 aliphatic heterocycles. The van der Waals surface area contributed by atoms with Gasteiger partial charge in [0.2, 0.25) is 5.43 Å². The summed E-state index contributed by atoms with van der Waals surface area (Å²) >= 11 is 0. The molecule has 164 valence electrons. The molecule has 0 saturated heterocycles. The van der Waals surface area contributed by atoms with E-state index in [2.05, 4.69) is 5.32 Å². The average molecular weight is 433 g/mol. The molecule has 1 aromatic carbocycles. The van der Waals surface area contributed by atoms with Gasteiger partial charge in [-0.2, -0.15) is 0 Å². The van der Waals surface area contributed by atoms with E-state index in [1.54, 1.807) is 6.92 Å². The third-order valence-electron chi connectivity index (χ3n) is 4.94. The number of pyridine rings is 1. The Hall–Kier alpha value is -3.53. The van der Waals surface area contributed by atoms with E-state index in [1.807, 2.05) is 0 Å². The number of aromatic nitrogens is 2. The highest BCUT2D eigenvalue weighted by Crippen LogP contribution is 2.15. The Morgan fingerprint density at radius 3 is 2.65 bits per heavy atom. The standard InChI is InChI=1S/C21H21F2N3O5/c1-12(5-8-27)26-7-6-25-11-15(18(28)19(31-2)17(25)21(26)30)20(29)24-10-13-3-4-14(22)9-16(13)23/h3-4,6-7,9,11-12,27H,5,8,10H2,1-2H3,(H,24,29)/t12-/m0/s1. The highest BCUT2D eigenvalue weighted by Gasteiger charge is 2.21. The summed E-state index contributed by atoms with van der Waals surface area (Å²) in [4.78, 5) is 38.3. The van der Waals surface area contributed by atoms with Gasteiger partial charge in [0.15, 0.2) is 11.3 Å². The monoisotopic (exact) mass is 433 g/mol. The summed E-state index contributed by atoms with van der Waals surface area (Å²) in [5.41, 5.74) is -1.64. The topological polar surface area (TPSA) is 102 Å². The van der Waals surface area contributed by atoms with Crippen LogP contribution in [-0.2, 0) is 6.54 Å². The lowest BCUT2D eigenvalue weighted by atomic mass is 10.1. The molecule has 0 aliphatic carbocycles. The fourth-order valence-corrected chi connectivity index (χ4v) is 3.23. The van der Waals surface area contributed by atoms with Crippen LogP contribution in [0.15, 0.2) is 46.4 Å². The second kappa shape index (κ2) is 9.09. The molecular formula is C21H21F2N3O5. The molecule has 3 rings (SSSR count). The highest BCUT2D eigenvalue weighted by atomic mass is 19.1. The van der Waals surface area contributed by atoms with Crippen LogP contribution in [-0.4, -0.2) is 33.7 Å². The molecule has 0 radical (unpaired) electrons. The number of methoxy groups -OCH3 is 1. The molecule has 2 N–H and O–H groups in total. The Morgan fingerprint density at radius 1 is 1.26 bits per heavy atom. The zero-order valence-electron chi connectivity index (χ0n) is 16.9. The number of ether oxygens (including phenoxy) is 1. The summed E-state index contributed by atoms with van der Waals surface area (Å²) in [6.45, 7) is 1.36. The van der Waals surface area contributed by atoms with Crippen molar-refractivity contribution in [1.82, 2.24) is 14.3 Å². The maximum atomic E-state index is 13.8. The Bertz CT molecular complexity index is 1250. The van der Waals surface area contributed by atoms with Crippen molar-refractivity contribution < 1.29 is 23.4 Å². The lowest BCUT2D eigenvalue weighted by Gasteiger charge is -2.16. The molecule has 1 atom stereocenters. The summed E-state index contributed by atoms with van der Waals surface area (Å²) in [6, 6.07) is 2.62. The number of fused-ring (bicyclic) bond motifs is 1. The Labute approximate surface area is 175 Å². The van der Waals surface area contributed by atoms with Crippen molar-refractivity contribution in [3.05, 3.63) is 80.1 Å². The maximum absolute atomic E-state index is 13.8. The quantitative estimate of drug-likeness (QED) is 0.590. The Morgan fingerprint density at radius 2 is 2.00 bits per heavy atom. The van der Waals surface area contributed by atoms with E-state index in [0.29, 0.717) is 12.5 Å². The van der Waals surface area contributed by atoms with Crippen LogP contribution in [0.1, 0.15) is 35.3 Å². The molecule has 0 spiro atoms. The van der Waals surface area contributed by atoms with Gasteiger partial charge in [0.1, 0.15) is 17.2 Å². The molecule has 10 heteroatoms. The largest absolute Gasteiger partial charge is 0.491 e. The SMILES string of the molecule is COc1c(=O)c(C(=O)NCc2ccc(F)cc2F)cn2ccn([C@@H](C)CCO)c(=O)c12. The second-order valence-electron chi connectivity index (χ2n) is 6.95. The fraction of sp³-hybridized carbons (Fsp3) is 0.286. The van der Waals surface area contributed by atoms with Crippen molar-refractivity contribution in [2.24, 2.45) is 0 Å². The molecule has 2 aromatic heterocycles. The zero-order chi connectivity index (χ0) is 22.7. The van der Waals surface area contributed by atoms with Gasteiger partial charge in [0.25, 0.3) is 11.5 Å². The van der Waals surface area contributed by atoms with Gasteiger partial charge < -0.3 is 24.1 Å². The average Bonchev–Trinajstić information content (AvgIpc) is 2.73. The number of halogens is 2. The summed E-state index contributed by atoms with van der Waals surface area (Å²) in [5.74, 6) is -2.69. The first-order valence-electron chi connectivity index (χ1n) is 9.45. The van der Waals surface area contributed by atoms with Gasteiger partial charge in [-0.1, -0.05) is 6.07 Å². The molecule has 0 bridgehead atoms. The highest BCUT2D eigenvalue weighted by molar-refractivity contribution is 5.94. The molecular weight excluding hydrogens is 412 g/mol. The fourth-order valence-electron chi connectivity index (χ4n) is 3.23. The van der Waals surface area contributed by atoms with Crippen molar-refractivity contribution in [1.29, 1.82) is 0 Å². The molecule has 0 unspecified atom stereocenters. The number of carbonyl (C=O) groups is 1. The van der Waals surface area contributed by atoms with Gasteiger partial charge in [0, 0.05) is 49.4 Å². The van der Waals surface area contributed by atoms with Crippen LogP contribution >= 0.6 is 0 Å². The smallest absolute Gasteiger partial charge is 0.279 e. The van der Waals surface area contributed by atoms with Crippen molar-refractivity contribution >= 4 is 11.4 Å². The van der Waals surface area contributed by atoms with E-state index in [-0.39, 0.29) is 41.6 Å². The van der Waals surface area contributed by atoms with E-state index >= 15 is 0 Å². The van der Waals surface area contributed by atoms with Crippen LogP contribution in [0.5, 0.6) is 5.75 Å². The first-order valence-corrected chi connectivity index (χ1v) is 9.45. The normalized spacial score (nSPS) is 12.0. The lowest BCUT2D eigenvalue weighted by Crippen LogP contribution is -2.32. The van der Waals surface area contributed by atoms with Gasteiger partial charge in [0.05, 0.1) is 7.11 Å². The van der Waals surface area contributed by atoms with E-state index in [0.717, 1.165) is 6.07 Å². The molecule has 2 heterocycles. The number of benzene rings is 1. The third kappa shape index (κ3) is 4.33. The Balaban J connectivity index is 2.01. The number of nitrogens with zero attached hydrogens (tertiary/aromatic N) is 2. The van der Waals surface area contributed by atoms with Crippen molar-refractivity contribution in [3.8, 4) is 5.75 Å². The number of amides is 1. The number of rotatable bonds is 7. The number of nitrogens with one attached hydrogen (secondary N) is 1. The van der Waals surface area contributed by atoms with Crippen molar-refractivity contribution in [2.45, 2.75) is 25.9 Å². The maximum Gasteiger partial charge on any atom is 0.279 e. The first kappa shape index (κ1) is 22.2. The predicted octanol–water partition coefficient (Wildman–Crippen LogP) is 1.62. The minimum atomic E-state index is -0.828. The Kier molecular flexibility index (Phi) is 6.50. The van der Waals surface area contributed by atoms with Gasteiger partial charge in [-0.05, 0) is 19.4 Å². The summed E-state index contributed by atoms with van der Waals surface area (Å²) in [6.07, 6.45) is 4.50. The summed E-state index contributed by atoms with van der Waals surface area (Å²) in [7, 11) is 1.21. The first-order chi connectivity index (χ1) is 14.8. The number of hydrogen-bond acceptors (Lipinski definition) is 5. The predicted molar refractivity (Wildman–Crippen MR) is 108 cm³/mol. The summed E-state index contributed by atoms with van der Waals surface area (Å²) < 4.78 is 34.6. The van der Waals surface area contributed by atoms with E-state index in [9.17, 15) is 23.2 Å². The van der Waals surface area contributed by atoms with Crippen LogP contribution in [0, 0.1) is 11.6 Å². The molecule has 3 aromatic rings. The van der Waals surface area contributed by atoms with Crippen LogP contribution in [0.2, 0.25) is 0 Å². The van der Waals surface area contributed by atoms with E-state index in [4.69, 9.17) is 9.84 Å². The number of carbonyl (C=O) groups excluding carboxylic acids is 1. The van der Waals surface area contributed by atoms with Crippen molar-refractivity contribution in [3.63, 3.8) is 0 Å². The molecule has 8 nitrogen and oxygen atoms in total. The van der Waals surface area contributed by atoms with Crippen LogP contribution < -0.4 is 21.0 Å². The van der Waals surface area contributed by atoms with Crippen LogP contribution in [0.3, 0.4) is 0 Å². The molecule has 1 amide bonds. The minimum Gasteiger partial charge on any atom is -0.491 e. The van der Waals surface area contributed by atoms with Gasteiger partial charge in [-0.3, -0.25) is 14.4 Å². The molecule has 0 aliphatic rings. The molecule has 0 fully saturated rings. The van der Waals surface area contributed by atoms with Crippen molar-refractivity contribution in [2.75, 3.05) is 13.7 Å². The molecule has 31 heavy (non-hydrogen) atoms. The minimum absolute atomic E-state index is 0.0448. The molecule has 0 saturated carbocycles. The van der Waals surface area contributed by atoms with E-state index < -0.39 is 28.5 Å². The van der Waals surface area contributed by atoms with Gasteiger partial charge in [-0.15, -0.1) is 0 Å². The number of hydrogen-bond donors (Lipinski definition) is 2. The third-order valence-corrected chi connectivity index (χ3v) is 4.94. The van der Waals surface area contributed by atoms with Gasteiger partial charge in [-0.25, -0.2) is 8.78 Å². The second-order valence-corrected chi connectivity index (χ2v) is 6.95. The van der Waals surface area contributed by atoms with Gasteiger partial charge >= 0.3 is 0 Å². The summed E-state index contributed by atoms with van der Waals surface area (Å²) in [5, 5.41) is 11.5. The lowest BCUT2D eigenvalue weighted by molar-refractivity contribution is 0.0948. The van der Waals surface area contributed by atoms with Crippen LogP contribution in [0.4, 0.5) is 8.78 Å². The number of aliphatic hydroxyl groups is 1. The van der Waals surface area contributed by atoms with Crippen LogP contribution in [0.25, 0.3) is 5.52 Å². The number of aliphatic hydroxyl groups excluding tert-OH is 1. The zero-order valence-corrected chi connectivity index (χ0v) is 16.9. The van der Waals surface area contributed by atoms with E-state index in [1.165, 1.54) is 40.7 Å².